The molecule has 0 bridgehead atoms. The van der Waals surface area contributed by atoms with E-state index in [2.05, 4.69) is 16.2 Å². The van der Waals surface area contributed by atoms with Gasteiger partial charge in [-0.25, -0.2) is 18.0 Å². The van der Waals surface area contributed by atoms with Gasteiger partial charge in [0.25, 0.3) is 0 Å². The monoisotopic (exact) mass is 228 g/mol. The number of carbonyl (C=O) groups is 2. The van der Waals surface area contributed by atoms with Gasteiger partial charge in [0, 0.05) is 6.26 Å². The normalized spacial score (nSPS) is 9.50. The fourth-order valence-corrected chi connectivity index (χ4v) is 0.680. The van der Waals surface area contributed by atoms with Crippen molar-refractivity contribution in [2.24, 2.45) is 11.5 Å². The molecule has 0 unspecified atom stereocenters. The van der Waals surface area contributed by atoms with E-state index < -0.39 is 22.0 Å². The van der Waals surface area contributed by atoms with Crippen molar-refractivity contribution in [3.8, 4) is 0 Å². The predicted octanol–water partition coefficient (Wildman–Crippen LogP) is -1.25. The zero-order valence-electron chi connectivity index (χ0n) is 7.47. The molecule has 84 valence electrons. The van der Waals surface area contributed by atoms with Crippen LogP contribution in [-0.2, 0) is 14.6 Å². The van der Waals surface area contributed by atoms with Gasteiger partial charge in [0.2, 0.25) is 0 Å². The summed E-state index contributed by atoms with van der Waals surface area (Å²) in [7, 11) is -3.05. The average molecular weight is 228 g/mol. The van der Waals surface area contributed by atoms with Crippen molar-refractivity contribution in [2.75, 3.05) is 18.6 Å². The van der Waals surface area contributed by atoms with Crippen molar-refractivity contribution in [3.63, 3.8) is 0 Å². The van der Waals surface area contributed by atoms with Gasteiger partial charge in [0.1, 0.15) is 6.61 Å². The van der Waals surface area contributed by atoms with E-state index in [9.17, 15) is 13.2 Å². The molecule has 9 heteroatoms. The number of rotatable bonds is 3. The summed E-state index contributed by atoms with van der Waals surface area (Å²) in [5, 5.41) is 7.19. The van der Waals surface area contributed by atoms with Crippen LogP contribution in [0.4, 0.5) is 9.59 Å². The van der Waals surface area contributed by atoms with Crippen LogP contribution in [0.5, 0.6) is 0 Å². The van der Waals surface area contributed by atoms with Gasteiger partial charge in [-0.1, -0.05) is 0 Å². The molecule has 0 rings (SSSR count). The van der Waals surface area contributed by atoms with E-state index in [1.807, 2.05) is 0 Å². The van der Waals surface area contributed by atoms with Crippen molar-refractivity contribution >= 4 is 22.0 Å². The van der Waals surface area contributed by atoms with Crippen LogP contribution in [0.2, 0.25) is 0 Å². The first kappa shape index (κ1) is 15.0. The highest BCUT2D eigenvalue weighted by atomic mass is 32.2. The molecule has 0 spiro atoms. The standard InChI is InChI=1S/C4H9NO4S.CH3NO2/c1-10(7,8)3-2-9-4(5)6;2-1(3)4/h2-3H2,1H3,(H2,5,6);2H2,(H,3,4). The molecule has 0 aromatic rings. The van der Waals surface area contributed by atoms with Gasteiger partial charge < -0.3 is 21.3 Å². The lowest BCUT2D eigenvalue weighted by atomic mass is 10.8. The molecule has 5 N–H and O–H groups in total. The van der Waals surface area contributed by atoms with Crippen molar-refractivity contribution in [1.29, 1.82) is 0 Å². The van der Waals surface area contributed by atoms with Crippen LogP contribution < -0.4 is 11.5 Å². The third-order valence-electron chi connectivity index (χ3n) is 0.698. The largest absolute Gasteiger partial charge is 0.465 e. The minimum Gasteiger partial charge on any atom is -0.465 e. The Kier molecular flexibility index (Phi) is 7.44. The van der Waals surface area contributed by atoms with Crippen LogP contribution in [0, 0.1) is 0 Å². The van der Waals surface area contributed by atoms with Crippen molar-refractivity contribution in [1.82, 2.24) is 0 Å². The highest BCUT2D eigenvalue weighted by molar-refractivity contribution is 7.90. The maximum absolute atomic E-state index is 10.4. The Hall–Kier alpha value is -1.51. The number of amides is 2. The molecule has 0 aliphatic rings. The zero-order valence-corrected chi connectivity index (χ0v) is 8.28. The molecule has 0 atom stereocenters. The van der Waals surface area contributed by atoms with Gasteiger partial charge in [0.15, 0.2) is 9.84 Å². The summed E-state index contributed by atoms with van der Waals surface area (Å²) in [6.45, 7) is -0.172. The lowest BCUT2D eigenvalue weighted by molar-refractivity contribution is 0.163. The van der Waals surface area contributed by atoms with Crippen LogP contribution in [-0.4, -0.2) is 44.3 Å². The first-order valence-corrected chi connectivity index (χ1v) is 5.29. The summed E-state index contributed by atoms with van der Waals surface area (Å²) in [5.41, 5.74) is 8.59. The van der Waals surface area contributed by atoms with E-state index in [0.717, 1.165) is 6.26 Å². The lowest BCUT2D eigenvalue weighted by Crippen LogP contribution is -2.18. The molecule has 0 aromatic carbocycles. The first-order valence-electron chi connectivity index (χ1n) is 3.23. The van der Waals surface area contributed by atoms with Crippen LogP contribution in [0.3, 0.4) is 0 Å². The molecule has 0 saturated heterocycles. The zero-order chi connectivity index (χ0) is 11.8. The molecule has 0 aliphatic heterocycles. The van der Waals surface area contributed by atoms with Crippen LogP contribution in [0.25, 0.3) is 0 Å². The van der Waals surface area contributed by atoms with Crippen molar-refractivity contribution < 1.29 is 27.9 Å². The number of ether oxygens (including phenoxy) is 1. The third kappa shape index (κ3) is 31.3. The number of hydrogen-bond donors (Lipinski definition) is 3. The lowest BCUT2D eigenvalue weighted by Gasteiger charge is -1.97. The van der Waals surface area contributed by atoms with Gasteiger partial charge in [-0.05, 0) is 0 Å². The summed E-state index contributed by atoms with van der Waals surface area (Å²) < 4.78 is 24.9. The van der Waals surface area contributed by atoms with E-state index in [-0.39, 0.29) is 12.4 Å². The van der Waals surface area contributed by atoms with Crippen molar-refractivity contribution in [2.45, 2.75) is 0 Å². The number of sulfone groups is 1. The second kappa shape index (κ2) is 6.95. The molecule has 0 saturated carbocycles. The number of hydrogen-bond acceptors (Lipinski definition) is 5. The smallest absolute Gasteiger partial charge is 0.404 e. The molecular formula is C5H12N2O6S. The fraction of sp³-hybridized carbons (Fsp3) is 0.600. The molecule has 0 heterocycles. The number of carbonyl (C=O) groups excluding carboxylic acids is 1. The van der Waals surface area contributed by atoms with E-state index in [1.54, 1.807) is 0 Å². The number of nitrogens with two attached hydrogens (primary N) is 2. The SMILES string of the molecule is CS(=O)(=O)CCOC(N)=O.NC(=O)O. The minimum absolute atomic E-state index is 0.172. The summed E-state index contributed by atoms with van der Waals surface area (Å²) in [6, 6.07) is 0. The molecule has 0 radical (unpaired) electrons. The molecule has 0 aromatic heterocycles. The van der Waals surface area contributed by atoms with Crippen molar-refractivity contribution in [3.05, 3.63) is 0 Å². The van der Waals surface area contributed by atoms with Crippen LogP contribution in [0.15, 0.2) is 0 Å². The number of primary amides is 2. The van der Waals surface area contributed by atoms with E-state index >= 15 is 0 Å². The highest BCUT2D eigenvalue weighted by Crippen LogP contribution is 1.82. The number of carboxylic acid groups (broad SMARTS) is 1. The second-order valence-corrected chi connectivity index (χ2v) is 4.40. The Morgan fingerprint density at radius 2 is 1.71 bits per heavy atom. The first-order chi connectivity index (χ1) is 6.15. The van der Waals surface area contributed by atoms with Gasteiger partial charge in [-0.15, -0.1) is 0 Å². The van der Waals surface area contributed by atoms with Crippen LogP contribution in [0.1, 0.15) is 0 Å². The van der Waals surface area contributed by atoms with Crippen LogP contribution >= 0.6 is 0 Å². The second-order valence-electron chi connectivity index (χ2n) is 2.14. The minimum atomic E-state index is -3.05. The Labute approximate surface area is 80.7 Å². The summed E-state index contributed by atoms with van der Waals surface area (Å²) in [6.07, 6.45) is -1.24. The van der Waals surface area contributed by atoms with Gasteiger partial charge in [-0.2, -0.15) is 0 Å². The summed E-state index contributed by atoms with van der Waals surface area (Å²) in [5.74, 6) is -0.185. The fourth-order valence-electron chi connectivity index (χ4n) is 0.294. The third-order valence-corrected chi connectivity index (χ3v) is 1.61. The molecule has 2 amide bonds. The Morgan fingerprint density at radius 1 is 1.36 bits per heavy atom. The quantitative estimate of drug-likeness (QED) is 0.549. The molecular weight excluding hydrogens is 216 g/mol. The molecule has 14 heavy (non-hydrogen) atoms. The molecule has 8 nitrogen and oxygen atoms in total. The summed E-state index contributed by atoms with van der Waals surface area (Å²) in [4.78, 5) is 18.7. The highest BCUT2D eigenvalue weighted by Gasteiger charge is 2.02. The predicted molar refractivity (Wildman–Crippen MR) is 47.5 cm³/mol. The Bertz CT molecular complexity index is 281. The Morgan fingerprint density at radius 3 is 1.93 bits per heavy atom. The van der Waals surface area contributed by atoms with Gasteiger partial charge >= 0.3 is 12.2 Å². The molecule has 0 aliphatic carbocycles. The topological polar surface area (TPSA) is 150 Å². The maximum atomic E-state index is 10.4. The van der Waals surface area contributed by atoms with E-state index in [1.165, 1.54) is 0 Å². The molecule has 0 fully saturated rings. The average Bonchev–Trinajstić information content (AvgIpc) is 1.80. The maximum Gasteiger partial charge on any atom is 0.404 e. The summed E-state index contributed by atoms with van der Waals surface area (Å²) >= 11 is 0. The van der Waals surface area contributed by atoms with E-state index in [0.29, 0.717) is 0 Å². The van der Waals surface area contributed by atoms with Gasteiger partial charge in [0.05, 0.1) is 5.75 Å². The van der Waals surface area contributed by atoms with E-state index in [4.69, 9.17) is 9.90 Å². The Balaban J connectivity index is 0. The van der Waals surface area contributed by atoms with Gasteiger partial charge in [-0.3, -0.25) is 0 Å².